The Kier molecular flexibility index (Phi) is 6.87. The molecule has 3 aromatic rings. The number of guanidine groups is 1. The highest BCUT2D eigenvalue weighted by atomic mass is 16.3. The Hall–Kier alpha value is -3.28. The fraction of sp³-hybridized carbons (Fsp3) is 0.360. The highest BCUT2D eigenvalue weighted by Gasteiger charge is 2.22. The Morgan fingerprint density at radius 2 is 1.94 bits per heavy atom. The van der Waals surface area contributed by atoms with Crippen LogP contribution in [0, 0.1) is 12.8 Å². The summed E-state index contributed by atoms with van der Waals surface area (Å²) in [6, 6.07) is 18.8. The van der Waals surface area contributed by atoms with Gasteiger partial charge in [-0.05, 0) is 50.5 Å². The first kappa shape index (κ1) is 21.0. The maximum atomic E-state index is 5.65. The first-order chi connectivity index (χ1) is 15.2. The molecule has 1 atom stereocenters. The molecule has 2 heterocycles. The van der Waals surface area contributed by atoms with Gasteiger partial charge in [0, 0.05) is 37.4 Å². The van der Waals surface area contributed by atoms with Crippen LogP contribution in [0.3, 0.4) is 0 Å². The van der Waals surface area contributed by atoms with E-state index >= 15 is 0 Å². The zero-order chi connectivity index (χ0) is 21.5. The number of anilines is 1. The summed E-state index contributed by atoms with van der Waals surface area (Å²) in [4.78, 5) is 11.7. The maximum absolute atomic E-state index is 5.65. The van der Waals surface area contributed by atoms with Crippen LogP contribution >= 0.6 is 0 Å². The summed E-state index contributed by atoms with van der Waals surface area (Å²) < 4.78 is 5.65. The summed E-state index contributed by atoms with van der Waals surface area (Å²) in [7, 11) is 0. The quantitative estimate of drug-likeness (QED) is 0.445. The van der Waals surface area contributed by atoms with Gasteiger partial charge in [-0.15, -0.1) is 0 Å². The first-order valence-corrected chi connectivity index (χ1v) is 11.0. The summed E-state index contributed by atoms with van der Waals surface area (Å²) in [5.41, 5.74) is 4.33. The summed E-state index contributed by atoms with van der Waals surface area (Å²) >= 11 is 0. The SMILES string of the molecule is CCNC(=NCc1coc(-c2ccc(C)cc2)n1)NCC1CCN(c2ccccc2)C1. The predicted molar refractivity (Wildman–Crippen MR) is 126 cm³/mol. The highest BCUT2D eigenvalue weighted by molar-refractivity contribution is 5.79. The molecule has 0 radical (unpaired) electrons. The number of para-hydroxylation sites is 1. The van der Waals surface area contributed by atoms with Crippen molar-refractivity contribution in [1.29, 1.82) is 0 Å². The van der Waals surface area contributed by atoms with E-state index in [0.29, 0.717) is 18.4 Å². The lowest BCUT2D eigenvalue weighted by atomic mass is 10.1. The van der Waals surface area contributed by atoms with Crippen LogP contribution in [0.15, 0.2) is 70.3 Å². The summed E-state index contributed by atoms with van der Waals surface area (Å²) in [6.45, 7) is 8.52. The van der Waals surface area contributed by atoms with Gasteiger partial charge in [0.2, 0.25) is 5.89 Å². The van der Waals surface area contributed by atoms with Gasteiger partial charge < -0.3 is 20.0 Å². The molecule has 31 heavy (non-hydrogen) atoms. The molecule has 4 rings (SSSR count). The van der Waals surface area contributed by atoms with Crippen LogP contribution in [0.2, 0.25) is 0 Å². The van der Waals surface area contributed by atoms with Gasteiger partial charge in [-0.25, -0.2) is 9.98 Å². The van der Waals surface area contributed by atoms with E-state index in [1.54, 1.807) is 6.26 Å². The fourth-order valence-electron chi connectivity index (χ4n) is 3.82. The van der Waals surface area contributed by atoms with Crippen molar-refractivity contribution in [2.24, 2.45) is 10.9 Å². The molecule has 1 saturated heterocycles. The Balaban J connectivity index is 1.31. The number of aromatic nitrogens is 1. The van der Waals surface area contributed by atoms with Crippen LogP contribution in [0.4, 0.5) is 5.69 Å². The lowest BCUT2D eigenvalue weighted by molar-refractivity contribution is 0.565. The first-order valence-electron chi connectivity index (χ1n) is 11.0. The van der Waals surface area contributed by atoms with Crippen LogP contribution in [0.25, 0.3) is 11.5 Å². The molecule has 1 unspecified atom stereocenters. The van der Waals surface area contributed by atoms with E-state index in [-0.39, 0.29) is 0 Å². The monoisotopic (exact) mass is 417 g/mol. The highest BCUT2D eigenvalue weighted by Crippen LogP contribution is 2.23. The van der Waals surface area contributed by atoms with Crippen LogP contribution in [0.1, 0.15) is 24.6 Å². The molecule has 6 heteroatoms. The molecule has 6 nitrogen and oxygen atoms in total. The van der Waals surface area contributed by atoms with E-state index in [9.17, 15) is 0 Å². The van der Waals surface area contributed by atoms with Gasteiger partial charge in [0.1, 0.15) is 12.0 Å². The third kappa shape index (κ3) is 5.66. The van der Waals surface area contributed by atoms with Crippen molar-refractivity contribution in [3.63, 3.8) is 0 Å². The number of hydrogen-bond donors (Lipinski definition) is 2. The second-order valence-corrected chi connectivity index (χ2v) is 8.02. The molecule has 0 spiro atoms. The minimum atomic E-state index is 0.478. The largest absolute Gasteiger partial charge is 0.444 e. The molecule has 0 saturated carbocycles. The van der Waals surface area contributed by atoms with E-state index in [1.807, 2.05) is 12.1 Å². The van der Waals surface area contributed by atoms with Crippen molar-refractivity contribution < 1.29 is 4.42 Å². The smallest absolute Gasteiger partial charge is 0.226 e. The zero-order valence-corrected chi connectivity index (χ0v) is 18.3. The van der Waals surface area contributed by atoms with E-state index in [0.717, 1.165) is 43.4 Å². The molecule has 1 aliphatic rings. The third-order valence-corrected chi connectivity index (χ3v) is 5.56. The fourth-order valence-corrected chi connectivity index (χ4v) is 3.82. The normalized spacial score (nSPS) is 16.5. The Morgan fingerprint density at radius 3 is 2.71 bits per heavy atom. The number of nitrogens with zero attached hydrogens (tertiary/aromatic N) is 3. The van der Waals surface area contributed by atoms with Crippen molar-refractivity contribution >= 4 is 11.6 Å². The van der Waals surface area contributed by atoms with Gasteiger partial charge in [-0.1, -0.05) is 35.9 Å². The van der Waals surface area contributed by atoms with Crippen LogP contribution in [0.5, 0.6) is 0 Å². The lowest BCUT2D eigenvalue weighted by Gasteiger charge is -2.19. The Labute approximate surface area is 184 Å². The molecule has 0 amide bonds. The van der Waals surface area contributed by atoms with E-state index in [1.165, 1.54) is 17.7 Å². The molecule has 2 aromatic carbocycles. The molecular formula is C25H31N5O. The molecule has 162 valence electrons. The number of aliphatic imine (C=N–C) groups is 1. The number of nitrogens with one attached hydrogen (secondary N) is 2. The van der Waals surface area contributed by atoms with Gasteiger partial charge in [0.15, 0.2) is 5.96 Å². The zero-order valence-electron chi connectivity index (χ0n) is 18.3. The van der Waals surface area contributed by atoms with Crippen molar-refractivity contribution in [2.45, 2.75) is 26.8 Å². The average molecular weight is 418 g/mol. The van der Waals surface area contributed by atoms with Gasteiger partial charge in [0.25, 0.3) is 0 Å². The van der Waals surface area contributed by atoms with Gasteiger partial charge in [-0.2, -0.15) is 0 Å². The Morgan fingerprint density at radius 1 is 1.13 bits per heavy atom. The van der Waals surface area contributed by atoms with Crippen molar-refractivity contribution in [3.05, 3.63) is 72.1 Å². The van der Waals surface area contributed by atoms with E-state index in [2.05, 4.69) is 76.8 Å². The van der Waals surface area contributed by atoms with E-state index in [4.69, 9.17) is 9.41 Å². The second-order valence-electron chi connectivity index (χ2n) is 8.02. The molecule has 0 bridgehead atoms. The molecule has 2 N–H and O–H groups in total. The number of aryl methyl sites for hydroxylation is 1. The number of rotatable bonds is 7. The molecule has 1 aromatic heterocycles. The lowest BCUT2D eigenvalue weighted by Crippen LogP contribution is -2.40. The summed E-state index contributed by atoms with van der Waals surface area (Å²) in [5.74, 6) is 2.06. The number of hydrogen-bond acceptors (Lipinski definition) is 4. The number of benzene rings is 2. The van der Waals surface area contributed by atoms with Crippen molar-refractivity contribution in [3.8, 4) is 11.5 Å². The summed E-state index contributed by atoms with van der Waals surface area (Å²) in [6.07, 6.45) is 2.88. The maximum Gasteiger partial charge on any atom is 0.226 e. The van der Waals surface area contributed by atoms with Gasteiger partial charge >= 0.3 is 0 Å². The van der Waals surface area contributed by atoms with Gasteiger partial charge in [-0.3, -0.25) is 0 Å². The average Bonchev–Trinajstić information content (AvgIpc) is 3.47. The number of oxazole rings is 1. The Bertz CT molecular complexity index is 981. The van der Waals surface area contributed by atoms with Gasteiger partial charge in [0.05, 0.1) is 6.54 Å². The molecular weight excluding hydrogens is 386 g/mol. The van der Waals surface area contributed by atoms with E-state index < -0.39 is 0 Å². The molecule has 1 fully saturated rings. The third-order valence-electron chi connectivity index (χ3n) is 5.56. The van der Waals surface area contributed by atoms with Crippen LogP contribution < -0.4 is 15.5 Å². The van der Waals surface area contributed by atoms with Crippen LogP contribution in [-0.2, 0) is 6.54 Å². The minimum absolute atomic E-state index is 0.478. The molecule has 1 aliphatic heterocycles. The molecule has 0 aliphatic carbocycles. The second kappa shape index (κ2) is 10.2. The van der Waals surface area contributed by atoms with Crippen LogP contribution in [-0.4, -0.2) is 37.1 Å². The predicted octanol–water partition coefficient (Wildman–Crippen LogP) is 4.23. The minimum Gasteiger partial charge on any atom is -0.444 e. The standard InChI is InChI=1S/C25H31N5O/c1-3-26-25(27-15-20-13-14-30(17-20)23-7-5-4-6-8-23)28-16-22-18-31-24(29-22)21-11-9-19(2)10-12-21/h4-12,18,20H,3,13-17H2,1-2H3,(H2,26,27,28). The summed E-state index contributed by atoms with van der Waals surface area (Å²) in [5, 5.41) is 6.83. The van der Waals surface area contributed by atoms with Crippen molar-refractivity contribution in [2.75, 3.05) is 31.1 Å². The van der Waals surface area contributed by atoms with Crippen molar-refractivity contribution in [1.82, 2.24) is 15.6 Å². The topological polar surface area (TPSA) is 65.7 Å².